The van der Waals surface area contributed by atoms with Crippen LogP contribution in [-0.2, 0) is 10.0 Å². The van der Waals surface area contributed by atoms with Crippen molar-refractivity contribution < 1.29 is 13.2 Å². The number of amides is 1. The van der Waals surface area contributed by atoms with E-state index in [-0.39, 0.29) is 10.8 Å². The number of para-hydroxylation sites is 1. The molecule has 0 aromatic heterocycles. The maximum Gasteiger partial charge on any atom is 0.258 e. The summed E-state index contributed by atoms with van der Waals surface area (Å²) in [6.45, 7) is 7.68. The molecule has 0 radical (unpaired) electrons. The van der Waals surface area contributed by atoms with Crippen LogP contribution in [0.5, 0.6) is 0 Å². The van der Waals surface area contributed by atoms with Crippen molar-refractivity contribution >= 4 is 21.6 Å². The number of benzene rings is 2. The lowest BCUT2D eigenvalue weighted by atomic mass is 10.1. The zero-order valence-corrected chi connectivity index (χ0v) is 15.8. The van der Waals surface area contributed by atoms with Crippen molar-refractivity contribution in [1.82, 2.24) is 4.72 Å². The van der Waals surface area contributed by atoms with Gasteiger partial charge in [-0.1, -0.05) is 24.3 Å². The zero-order chi connectivity index (χ0) is 18.7. The lowest BCUT2D eigenvalue weighted by Crippen LogP contribution is -2.40. The van der Waals surface area contributed by atoms with E-state index in [2.05, 4.69) is 4.72 Å². The third-order valence-electron chi connectivity index (χ3n) is 3.46. The Labute approximate surface area is 149 Å². The van der Waals surface area contributed by atoms with E-state index in [1.54, 1.807) is 37.8 Å². The molecule has 6 heteroatoms. The summed E-state index contributed by atoms with van der Waals surface area (Å²) < 4.78 is 27.6. The lowest BCUT2D eigenvalue weighted by Gasteiger charge is -2.22. The summed E-state index contributed by atoms with van der Waals surface area (Å²) >= 11 is 0. The molecule has 0 aliphatic heterocycles. The van der Waals surface area contributed by atoms with Crippen LogP contribution in [0, 0.1) is 0 Å². The molecule has 1 amide bonds. The van der Waals surface area contributed by atoms with Crippen LogP contribution in [0.1, 0.15) is 38.1 Å². The third kappa shape index (κ3) is 4.90. The van der Waals surface area contributed by atoms with Crippen molar-refractivity contribution in [2.24, 2.45) is 0 Å². The molecule has 0 bridgehead atoms. The van der Waals surface area contributed by atoms with E-state index in [9.17, 15) is 13.2 Å². The number of nitrogens with one attached hydrogen (secondary N) is 1. The van der Waals surface area contributed by atoms with Gasteiger partial charge in [-0.05, 0) is 58.0 Å². The summed E-state index contributed by atoms with van der Waals surface area (Å²) in [5.74, 6) is -0.235. The monoisotopic (exact) mass is 360 g/mol. The standard InChI is InChI=1S/C19H24N2O3S/c1-5-21(16-11-7-6-8-12-16)18(22)15-10-9-13-17(14-15)25(23,24)20-19(2,3)4/h6-14,20H,5H2,1-4H3. The highest BCUT2D eigenvalue weighted by Gasteiger charge is 2.24. The fourth-order valence-electron chi connectivity index (χ4n) is 2.47. The normalized spacial score (nSPS) is 12.0. The summed E-state index contributed by atoms with van der Waals surface area (Å²) in [7, 11) is -3.69. The molecule has 134 valence electrons. The van der Waals surface area contributed by atoms with Crippen molar-refractivity contribution in [2.45, 2.75) is 38.1 Å². The fraction of sp³-hybridized carbons (Fsp3) is 0.316. The molecular formula is C19H24N2O3S. The average molecular weight is 360 g/mol. The first kappa shape index (κ1) is 19.1. The Bertz CT molecular complexity index is 840. The maximum absolute atomic E-state index is 12.9. The van der Waals surface area contributed by atoms with E-state index in [1.807, 2.05) is 37.3 Å². The maximum atomic E-state index is 12.9. The highest BCUT2D eigenvalue weighted by atomic mass is 32.2. The van der Waals surface area contributed by atoms with Gasteiger partial charge in [0.2, 0.25) is 10.0 Å². The second-order valence-electron chi connectivity index (χ2n) is 6.77. The van der Waals surface area contributed by atoms with Crippen molar-refractivity contribution in [2.75, 3.05) is 11.4 Å². The van der Waals surface area contributed by atoms with Gasteiger partial charge in [-0.25, -0.2) is 13.1 Å². The quantitative estimate of drug-likeness (QED) is 0.888. The van der Waals surface area contributed by atoms with Crippen molar-refractivity contribution in [3.63, 3.8) is 0 Å². The molecule has 1 N–H and O–H groups in total. The molecule has 2 aromatic carbocycles. The molecule has 0 saturated carbocycles. The van der Waals surface area contributed by atoms with Gasteiger partial charge in [0.25, 0.3) is 5.91 Å². The predicted molar refractivity (Wildman–Crippen MR) is 100 cm³/mol. The lowest BCUT2D eigenvalue weighted by molar-refractivity contribution is 0.0988. The van der Waals surface area contributed by atoms with E-state index >= 15 is 0 Å². The molecule has 25 heavy (non-hydrogen) atoms. The minimum absolute atomic E-state index is 0.0809. The van der Waals surface area contributed by atoms with Crippen LogP contribution in [-0.4, -0.2) is 26.4 Å². The SMILES string of the molecule is CCN(C(=O)c1cccc(S(=O)(=O)NC(C)(C)C)c1)c1ccccc1. The Kier molecular flexibility index (Phi) is 5.65. The molecule has 0 aliphatic rings. The molecule has 0 spiro atoms. The Hall–Kier alpha value is -2.18. The first-order chi connectivity index (χ1) is 11.6. The van der Waals surface area contributed by atoms with E-state index in [0.717, 1.165) is 5.69 Å². The molecule has 0 aliphatic carbocycles. The molecule has 5 nitrogen and oxygen atoms in total. The Morgan fingerprint density at radius 3 is 2.24 bits per heavy atom. The second-order valence-corrected chi connectivity index (χ2v) is 8.45. The van der Waals surface area contributed by atoms with Gasteiger partial charge in [-0.3, -0.25) is 4.79 Å². The van der Waals surface area contributed by atoms with Crippen LogP contribution in [0.25, 0.3) is 0 Å². The first-order valence-electron chi connectivity index (χ1n) is 8.15. The van der Waals surface area contributed by atoms with Gasteiger partial charge < -0.3 is 4.90 Å². The average Bonchev–Trinajstić information content (AvgIpc) is 2.54. The predicted octanol–water partition coefficient (Wildman–Crippen LogP) is 3.43. The van der Waals surface area contributed by atoms with Crippen LogP contribution in [0.15, 0.2) is 59.5 Å². The van der Waals surface area contributed by atoms with Crippen LogP contribution in [0.3, 0.4) is 0 Å². The largest absolute Gasteiger partial charge is 0.309 e. The van der Waals surface area contributed by atoms with Gasteiger partial charge in [-0.2, -0.15) is 0 Å². The smallest absolute Gasteiger partial charge is 0.258 e. The molecule has 0 atom stereocenters. The van der Waals surface area contributed by atoms with E-state index in [0.29, 0.717) is 12.1 Å². The van der Waals surface area contributed by atoms with Crippen molar-refractivity contribution in [3.05, 3.63) is 60.2 Å². The molecule has 0 heterocycles. The summed E-state index contributed by atoms with van der Waals surface area (Å²) in [6.07, 6.45) is 0. The number of sulfonamides is 1. The van der Waals surface area contributed by atoms with Crippen LogP contribution in [0.4, 0.5) is 5.69 Å². The Balaban J connectivity index is 2.36. The molecule has 0 fully saturated rings. The molecule has 0 saturated heterocycles. The molecule has 0 unspecified atom stereocenters. The number of hydrogen-bond donors (Lipinski definition) is 1. The van der Waals surface area contributed by atoms with Crippen LogP contribution < -0.4 is 9.62 Å². The van der Waals surface area contributed by atoms with Gasteiger partial charge in [-0.15, -0.1) is 0 Å². The number of carbonyl (C=O) groups is 1. The highest BCUT2D eigenvalue weighted by molar-refractivity contribution is 7.89. The third-order valence-corrected chi connectivity index (χ3v) is 5.22. The van der Waals surface area contributed by atoms with Gasteiger partial charge in [0.15, 0.2) is 0 Å². The van der Waals surface area contributed by atoms with Gasteiger partial charge in [0, 0.05) is 23.3 Å². The van der Waals surface area contributed by atoms with Gasteiger partial charge in [0.1, 0.15) is 0 Å². The number of rotatable bonds is 5. The Morgan fingerprint density at radius 2 is 1.68 bits per heavy atom. The van der Waals surface area contributed by atoms with Gasteiger partial charge in [0.05, 0.1) is 4.90 Å². The molecule has 2 rings (SSSR count). The number of nitrogens with zero attached hydrogens (tertiary/aromatic N) is 1. The molecule has 2 aromatic rings. The minimum atomic E-state index is -3.69. The summed E-state index contributed by atoms with van der Waals surface area (Å²) in [6, 6.07) is 15.4. The summed E-state index contributed by atoms with van der Waals surface area (Å²) in [5.41, 5.74) is 0.511. The minimum Gasteiger partial charge on any atom is -0.309 e. The number of hydrogen-bond acceptors (Lipinski definition) is 3. The van der Waals surface area contributed by atoms with E-state index in [4.69, 9.17) is 0 Å². The highest BCUT2D eigenvalue weighted by Crippen LogP contribution is 2.19. The van der Waals surface area contributed by atoms with E-state index in [1.165, 1.54) is 12.1 Å². The number of carbonyl (C=O) groups excluding carboxylic acids is 1. The van der Waals surface area contributed by atoms with E-state index < -0.39 is 15.6 Å². The fourth-order valence-corrected chi connectivity index (χ4v) is 3.93. The summed E-state index contributed by atoms with van der Waals surface area (Å²) in [5, 5.41) is 0. The molecular weight excluding hydrogens is 336 g/mol. The second kappa shape index (κ2) is 7.37. The first-order valence-corrected chi connectivity index (χ1v) is 9.63. The zero-order valence-electron chi connectivity index (χ0n) is 15.0. The number of anilines is 1. The van der Waals surface area contributed by atoms with Gasteiger partial charge >= 0.3 is 0 Å². The Morgan fingerprint density at radius 1 is 1.04 bits per heavy atom. The topological polar surface area (TPSA) is 66.5 Å². The van der Waals surface area contributed by atoms with Crippen molar-refractivity contribution in [3.8, 4) is 0 Å². The van der Waals surface area contributed by atoms with Crippen molar-refractivity contribution in [1.29, 1.82) is 0 Å². The van der Waals surface area contributed by atoms with Crippen LogP contribution in [0.2, 0.25) is 0 Å². The van der Waals surface area contributed by atoms with Crippen LogP contribution >= 0.6 is 0 Å². The summed E-state index contributed by atoms with van der Waals surface area (Å²) in [4.78, 5) is 14.5.